The van der Waals surface area contributed by atoms with Crippen LogP contribution in [-0.4, -0.2) is 36.5 Å². The monoisotopic (exact) mass is 323 g/mol. The van der Waals surface area contributed by atoms with Crippen LogP contribution in [0, 0.1) is 5.92 Å². The molecule has 0 saturated carbocycles. The molecule has 1 aliphatic carbocycles. The fourth-order valence-electron chi connectivity index (χ4n) is 3.72. The number of nitrogens with zero attached hydrogens (tertiary/aromatic N) is 1. The van der Waals surface area contributed by atoms with Gasteiger partial charge in [0, 0.05) is 36.9 Å². The summed E-state index contributed by atoms with van der Waals surface area (Å²) in [6, 6.07) is 6.67. The van der Waals surface area contributed by atoms with E-state index in [2.05, 4.69) is 41.9 Å². The number of rotatable bonds is 4. The van der Waals surface area contributed by atoms with Gasteiger partial charge in [-0.15, -0.1) is 0 Å². The minimum atomic E-state index is 0.159. The fraction of sp³-hybridized carbons (Fsp3) is 0.450. The van der Waals surface area contributed by atoms with E-state index in [1.807, 2.05) is 17.0 Å². The second-order valence-electron chi connectivity index (χ2n) is 7.22. The number of nitrogens with one attached hydrogen (secondary N) is 2. The van der Waals surface area contributed by atoms with Crippen molar-refractivity contribution in [1.82, 2.24) is 10.2 Å². The Morgan fingerprint density at radius 2 is 2.29 bits per heavy atom. The minimum absolute atomic E-state index is 0.159. The van der Waals surface area contributed by atoms with Gasteiger partial charge in [-0.1, -0.05) is 25.2 Å². The number of benzene rings is 1. The van der Waals surface area contributed by atoms with E-state index in [9.17, 15) is 4.79 Å². The van der Waals surface area contributed by atoms with Crippen LogP contribution < -0.4 is 10.6 Å². The lowest BCUT2D eigenvalue weighted by Gasteiger charge is -2.19. The first-order valence-electron chi connectivity index (χ1n) is 8.96. The highest BCUT2D eigenvalue weighted by atomic mass is 16.2. The topological polar surface area (TPSA) is 44.4 Å². The number of amides is 1. The van der Waals surface area contributed by atoms with Crippen molar-refractivity contribution in [3.05, 3.63) is 53.1 Å². The van der Waals surface area contributed by atoms with Gasteiger partial charge >= 0.3 is 0 Å². The van der Waals surface area contributed by atoms with Gasteiger partial charge in [-0.05, 0) is 54.6 Å². The highest BCUT2D eigenvalue weighted by Crippen LogP contribution is 2.28. The summed E-state index contributed by atoms with van der Waals surface area (Å²) in [4.78, 5) is 14.6. The number of hydrogen-bond donors (Lipinski definition) is 2. The van der Waals surface area contributed by atoms with Gasteiger partial charge in [0.25, 0.3) is 5.91 Å². The van der Waals surface area contributed by atoms with Crippen molar-refractivity contribution in [2.75, 3.05) is 25.0 Å². The largest absolute Gasteiger partial charge is 0.381 e. The molecular weight excluding hydrogens is 298 g/mol. The van der Waals surface area contributed by atoms with Crippen LogP contribution in [0.3, 0.4) is 0 Å². The maximum absolute atomic E-state index is 12.6. The lowest BCUT2D eigenvalue weighted by molar-refractivity contribution is 0.0793. The Hall–Kier alpha value is -2.07. The molecule has 1 amide bonds. The van der Waals surface area contributed by atoms with E-state index in [1.54, 1.807) is 0 Å². The molecule has 0 spiro atoms. The smallest absolute Gasteiger partial charge is 0.254 e. The fourth-order valence-corrected chi connectivity index (χ4v) is 3.72. The van der Waals surface area contributed by atoms with Crippen LogP contribution in [0.25, 0.3) is 0 Å². The van der Waals surface area contributed by atoms with Crippen molar-refractivity contribution >= 4 is 11.6 Å². The van der Waals surface area contributed by atoms with Crippen molar-refractivity contribution in [2.24, 2.45) is 5.92 Å². The first kappa shape index (κ1) is 15.5. The molecule has 3 aliphatic rings. The summed E-state index contributed by atoms with van der Waals surface area (Å²) in [6.07, 6.45) is 8.90. The summed E-state index contributed by atoms with van der Waals surface area (Å²) in [5.41, 5.74) is 4.39. The Bertz CT molecular complexity index is 701. The molecule has 1 fully saturated rings. The molecule has 2 heterocycles. The van der Waals surface area contributed by atoms with E-state index < -0.39 is 0 Å². The minimum Gasteiger partial charge on any atom is -0.381 e. The molecule has 1 aromatic carbocycles. The molecule has 1 aromatic rings. The first-order chi connectivity index (χ1) is 11.7. The predicted molar refractivity (Wildman–Crippen MR) is 97.1 cm³/mol. The van der Waals surface area contributed by atoms with E-state index in [4.69, 9.17) is 0 Å². The van der Waals surface area contributed by atoms with Gasteiger partial charge in [-0.25, -0.2) is 0 Å². The van der Waals surface area contributed by atoms with Crippen molar-refractivity contribution in [3.63, 3.8) is 0 Å². The van der Waals surface area contributed by atoms with Crippen molar-refractivity contribution in [1.29, 1.82) is 0 Å². The molecule has 126 valence electrons. The maximum Gasteiger partial charge on any atom is 0.254 e. The molecule has 1 saturated heterocycles. The molecular formula is C20H25N3O. The van der Waals surface area contributed by atoms with E-state index in [1.165, 1.54) is 5.57 Å². The Morgan fingerprint density at radius 1 is 1.38 bits per heavy atom. The third kappa shape index (κ3) is 3.11. The predicted octanol–water partition coefficient (Wildman–Crippen LogP) is 2.94. The highest BCUT2D eigenvalue weighted by Gasteiger charge is 2.28. The van der Waals surface area contributed by atoms with Gasteiger partial charge in [0.2, 0.25) is 0 Å². The standard InChI is InChI=1S/C20H25N3O/c1-14-2-4-15(5-3-14)12-23-13-16-10-17(6-7-19(16)20(23)24)22-18-8-9-21-11-18/h2,4-7,10,14,18,21-22H,3,8-9,11-13H2,1H3. The molecule has 2 atom stereocenters. The summed E-state index contributed by atoms with van der Waals surface area (Å²) in [5, 5.41) is 6.94. The molecule has 2 aliphatic heterocycles. The average Bonchev–Trinajstić information content (AvgIpc) is 3.19. The zero-order valence-corrected chi connectivity index (χ0v) is 14.2. The van der Waals surface area contributed by atoms with E-state index in [-0.39, 0.29) is 5.91 Å². The normalized spacial score (nSPS) is 25.8. The van der Waals surface area contributed by atoms with Crippen LogP contribution in [0.5, 0.6) is 0 Å². The van der Waals surface area contributed by atoms with Crippen LogP contribution in [0.2, 0.25) is 0 Å². The summed E-state index contributed by atoms with van der Waals surface area (Å²) in [7, 11) is 0. The van der Waals surface area contributed by atoms with Crippen molar-refractivity contribution in [3.8, 4) is 0 Å². The van der Waals surface area contributed by atoms with E-state index >= 15 is 0 Å². The van der Waals surface area contributed by atoms with Gasteiger partial charge in [0.1, 0.15) is 0 Å². The number of carbonyl (C=O) groups is 1. The van der Waals surface area contributed by atoms with Crippen LogP contribution in [0.1, 0.15) is 35.7 Å². The van der Waals surface area contributed by atoms with Gasteiger partial charge in [0.15, 0.2) is 0 Å². The SMILES string of the molecule is CC1C=CC(CN2Cc3cc(NC4CCNC4)ccc3C2=O)=CC1. The number of anilines is 1. The second kappa shape index (κ2) is 6.44. The van der Waals surface area contributed by atoms with Gasteiger partial charge in [0.05, 0.1) is 0 Å². The number of hydrogen-bond acceptors (Lipinski definition) is 3. The molecule has 2 unspecified atom stereocenters. The third-order valence-electron chi connectivity index (χ3n) is 5.18. The molecule has 0 aromatic heterocycles. The molecule has 2 N–H and O–H groups in total. The molecule has 0 radical (unpaired) electrons. The lowest BCUT2D eigenvalue weighted by atomic mass is 9.98. The Morgan fingerprint density at radius 3 is 3.04 bits per heavy atom. The average molecular weight is 323 g/mol. The van der Waals surface area contributed by atoms with Crippen LogP contribution >= 0.6 is 0 Å². The highest BCUT2D eigenvalue weighted by molar-refractivity contribution is 5.99. The number of carbonyl (C=O) groups excluding carboxylic acids is 1. The molecule has 24 heavy (non-hydrogen) atoms. The summed E-state index contributed by atoms with van der Waals surface area (Å²) in [6.45, 7) is 5.74. The zero-order valence-electron chi connectivity index (χ0n) is 14.2. The Balaban J connectivity index is 1.44. The Kier molecular flexibility index (Phi) is 4.15. The second-order valence-corrected chi connectivity index (χ2v) is 7.22. The Labute approximate surface area is 143 Å². The van der Waals surface area contributed by atoms with E-state index in [0.717, 1.165) is 42.7 Å². The quantitative estimate of drug-likeness (QED) is 0.895. The number of fused-ring (bicyclic) bond motifs is 1. The zero-order chi connectivity index (χ0) is 16.5. The first-order valence-corrected chi connectivity index (χ1v) is 8.96. The summed E-state index contributed by atoms with van der Waals surface area (Å²) >= 11 is 0. The molecule has 4 nitrogen and oxygen atoms in total. The van der Waals surface area contributed by atoms with Gasteiger partial charge < -0.3 is 15.5 Å². The van der Waals surface area contributed by atoms with E-state index in [0.29, 0.717) is 25.0 Å². The summed E-state index contributed by atoms with van der Waals surface area (Å²) < 4.78 is 0. The van der Waals surface area contributed by atoms with Crippen LogP contribution in [0.4, 0.5) is 5.69 Å². The van der Waals surface area contributed by atoms with Crippen LogP contribution in [-0.2, 0) is 6.54 Å². The van der Waals surface area contributed by atoms with Gasteiger partial charge in [-0.3, -0.25) is 4.79 Å². The molecule has 4 rings (SSSR count). The van der Waals surface area contributed by atoms with Gasteiger partial charge in [-0.2, -0.15) is 0 Å². The molecule has 0 bridgehead atoms. The summed E-state index contributed by atoms with van der Waals surface area (Å²) in [5.74, 6) is 0.769. The van der Waals surface area contributed by atoms with Crippen LogP contribution in [0.15, 0.2) is 42.0 Å². The maximum atomic E-state index is 12.6. The van der Waals surface area contributed by atoms with Crippen molar-refractivity contribution in [2.45, 2.75) is 32.4 Å². The lowest BCUT2D eigenvalue weighted by Crippen LogP contribution is -2.26. The van der Waals surface area contributed by atoms with Crippen molar-refractivity contribution < 1.29 is 4.79 Å². The third-order valence-corrected chi connectivity index (χ3v) is 5.18. The number of allylic oxidation sites excluding steroid dienone is 2. The molecule has 4 heteroatoms.